The fourth-order valence-electron chi connectivity index (χ4n) is 3.61. The SMILES string of the molecule is CC/C(=C\c1ccccc1)NNC(=O)[C@H](NC(=O)c1ccccc1)c1n[nH]c(=O)c2ccccc12. The molecule has 1 atom stereocenters. The zero-order valence-electron chi connectivity index (χ0n) is 19.1. The van der Waals surface area contributed by atoms with Crippen molar-refractivity contribution in [1.82, 2.24) is 26.4 Å². The van der Waals surface area contributed by atoms with E-state index >= 15 is 0 Å². The van der Waals surface area contributed by atoms with Gasteiger partial charge in [0, 0.05) is 16.6 Å². The number of nitrogens with zero attached hydrogens (tertiary/aromatic N) is 1. The number of aromatic amines is 1. The molecule has 1 aromatic heterocycles. The molecule has 0 aliphatic carbocycles. The van der Waals surface area contributed by atoms with Crippen LogP contribution >= 0.6 is 0 Å². The number of allylic oxidation sites excluding steroid dienone is 1. The number of hydrogen-bond acceptors (Lipinski definition) is 5. The second-order valence-corrected chi connectivity index (χ2v) is 7.80. The minimum absolute atomic E-state index is 0.230. The first-order valence-electron chi connectivity index (χ1n) is 11.2. The van der Waals surface area contributed by atoms with Gasteiger partial charge in [0.15, 0.2) is 6.04 Å². The molecule has 4 aromatic rings. The van der Waals surface area contributed by atoms with Crippen LogP contribution in [0.15, 0.2) is 95.4 Å². The Labute approximate surface area is 202 Å². The van der Waals surface area contributed by atoms with Crippen LogP contribution in [0.4, 0.5) is 0 Å². The Morgan fingerprint density at radius 3 is 2.20 bits per heavy atom. The third kappa shape index (κ3) is 5.62. The molecule has 176 valence electrons. The van der Waals surface area contributed by atoms with Crippen LogP contribution in [0, 0.1) is 0 Å². The fraction of sp³-hybridized carbons (Fsp3) is 0.111. The molecule has 4 rings (SSSR count). The molecule has 0 radical (unpaired) electrons. The van der Waals surface area contributed by atoms with Gasteiger partial charge in [0.05, 0.1) is 5.39 Å². The maximum absolute atomic E-state index is 13.4. The summed E-state index contributed by atoms with van der Waals surface area (Å²) in [6.07, 6.45) is 2.56. The molecule has 2 amide bonds. The summed E-state index contributed by atoms with van der Waals surface area (Å²) in [7, 11) is 0. The standard InChI is InChI=1S/C27H25N5O3/c1-2-20(17-18-11-5-3-6-12-18)29-32-27(35)24(28-25(33)19-13-7-4-8-14-19)23-21-15-9-10-16-22(21)26(34)31-30-23/h3-17,24,29H,2H2,1H3,(H,28,33)(H,31,34)(H,32,35)/b20-17+/t24-/m1/s1. The lowest BCUT2D eigenvalue weighted by molar-refractivity contribution is -0.124. The van der Waals surface area contributed by atoms with Crippen molar-refractivity contribution < 1.29 is 9.59 Å². The Morgan fingerprint density at radius 2 is 1.51 bits per heavy atom. The Hall–Kier alpha value is -4.72. The molecule has 8 nitrogen and oxygen atoms in total. The molecule has 1 heterocycles. The lowest BCUT2D eigenvalue weighted by atomic mass is 10.0. The van der Waals surface area contributed by atoms with E-state index < -0.39 is 17.9 Å². The average molecular weight is 468 g/mol. The number of rotatable bonds is 8. The molecule has 4 N–H and O–H groups in total. The first-order valence-corrected chi connectivity index (χ1v) is 11.2. The molecule has 0 spiro atoms. The van der Waals surface area contributed by atoms with Crippen molar-refractivity contribution in [3.8, 4) is 0 Å². The minimum atomic E-state index is -1.17. The van der Waals surface area contributed by atoms with Gasteiger partial charge in [0.1, 0.15) is 5.69 Å². The highest BCUT2D eigenvalue weighted by Crippen LogP contribution is 2.20. The molecule has 35 heavy (non-hydrogen) atoms. The van der Waals surface area contributed by atoms with E-state index in [2.05, 4.69) is 26.4 Å². The zero-order valence-corrected chi connectivity index (χ0v) is 19.1. The van der Waals surface area contributed by atoms with E-state index in [-0.39, 0.29) is 11.3 Å². The van der Waals surface area contributed by atoms with Crippen molar-refractivity contribution in [2.45, 2.75) is 19.4 Å². The van der Waals surface area contributed by atoms with Crippen molar-refractivity contribution in [3.63, 3.8) is 0 Å². The van der Waals surface area contributed by atoms with Gasteiger partial charge in [0.25, 0.3) is 17.4 Å². The number of hydrogen-bond donors (Lipinski definition) is 4. The Kier molecular flexibility index (Phi) is 7.32. The molecule has 0 aliphatic heterocycles. The molecule has 3 aromatic carbocycles. The average Bonchev–Trinajstić information content (AvgIpc) is 2.91. The highest BCUT2D eigenvalue weighted by molar-refractivity contribution is 5.99. The number of carbonyl (C=O) groups excluding carboxylic acids is 2. The minimum Gasteiger partial charge on any atom is -0.335 e. The van der Waals surface area contributed by atoms with Crippen LogP contribution in [0.2, 0.25) is 0 Å². The van der Waals surface area contributed by atoms with Crippen LogP contribution in [0.5, 0.6) is 0 Å². The summed E-state index contributed by atoms with van der Waals surface area (Å²) in [5, 5.41) is 10.2. The summed E-state index contributed by atoms with van der Waals surface area (Å²) >= 11 is 0. The largest absolute Gasteiger partial charge is 0.335 e. The van der Waals surface area contributed by atoms with Gasteiger partial charge in [-0.1, -0.05) is 73.7 Å². The van der Waals surface area contributed by atoms with E-state index in [9.17, 15) is 14.4 Å². The predicted molar refractivity (Wildman–Crippen MR) is 135 cm³/mol. The monoisotopic (exact) mass is 467 g/mol. The third-order valence-corrected chi connectivity index (χ3v) is 5.44. The Balaban J connectivity index is 1.65. The van der Waals surface area contributed by atoms with Gasteiger partial charge in [-0.3, -0.25) is 19.8 Å². The number of carbonyl (C=O) groups is 2. The Bertz CT molecular complexity index is 1420. The first-order chi connectivity index (χ1) is 17.1. The van der Waals surface area contributed by atoms with Gasteiger partial charge >= 0.3 is 0 Å². The molecular weight excluding hydrogens is 442 g/mol. The smallest absolute Gasteiger partial charge is 0.272 e. The van der Waals surface area contributed by atoms with E-state index in [1.54, 1.807) is 54.6 Å². The van der Waals surface area contributed by atoms with Crippen LogP contribution in [0.25, 0.3) is 16.8 Å². The van der Waals surface area contributed by atoms with Crippen molar-refractivity contribution >= 4 is 28.7 Å². The molecule has 0 saturated carbocycles. The van der Waals surface area contributed by atoms with Gasteiger partial charge in [-0.15, -0.1) is 0 Å². The molecule has 0 aliphatic rings. The molecule has 8 heteroatoms. The number of hydrazine groups is 1. The van der Waals surface area contributed by atoms with Gasteiger partial charge in [-0.25, -0.2) is 5.10 Å². The summed E-state index contributed by atoms with van der Waals surface area (Å²) < 4.78 is 0. The maximum atomic E-state index is 13.4. The van der Waals surface area contributed by atoms with Gasteiger partial charge in [0.2, 0.25) is 0 Å². The van der Waals surface area contributed by atoms with Crippen LogP contribution in [0.1, 0.15) is 41.0 Å². The van der Waals surface area contributed by atoms with Crippen molar-refractivity contribution in [3.05, 3.63) is 118 Å². The number of H-pyrrole nitrogens is 1. The van der Waals surface area contributed by atoms with Crippen LogP contribution in [0.3, 0.4) is 0 Å². The predicted octanol–water partition coefficient (Wildman–Crippen LogP) is 3.47. The normalized spacial score (nSPS) is 12.1. The van der Waals surface area contributed by atoms with Crippen LogP contribution in [-0.2, 0) is 4.79 Å². The van der Waals surface area contributed by atoms with E-state index in [1.165, 1.54) is 0 Å². The summed E-state index contributed by atoms with van der Waals surface area (Å²) in [4.78, 5) is 38.6. The molecule has 0 unspecified atom stereocenters. The molecular formula is C27H25N5O3. The summed E-state index contributed by atoms with van der Waals surface area (Å²) in [6, 6.07) is 23.9. The molecule has 0 fully saturated rings. The van der Waals surface area contributed by atoms with E-state index in [0.29, 0.717) is 22.8 Å². The van der Waals surface area contributed by atoms with Crippen molar-refractivity contribution in [2.24, 2.45) is 0 Å². The maximum Gasteiger partial charge on any atom is 0.272 e. The van der Waals surface area contributed by atoms with Crippen molar-refractivity contribution in [1.29, 1.82) is 0 Å². The highest BCUT2D eigenvalue weighted by atomic mass is 16.2. The third-order valence-electron chi connectivity index (χ3n) is 5.44. The number of benzene rings is 3. The Morgan fingerprint density at radius 1 is 0.886 bits per heavy atom. The van der Waals surface area contributed by atoms with Gasteiger partial charge in [-0.05, 0) is 36.3 Å². The summed E-state index contributed by atoms with van der Waals surface area (Å²) in [5.41, 5.74) is 7.64. The number of nitrogens with one attached hydrogen (secondary N) is 4. The van der Waals surface area contributed by atoms with Crippen molar-refractivity contribution in [2.75, 3.05) is 0 Å². The van der Waals surface area contributed by atoms with E-state index in [0.717, 1.165) is 11.3 Å². The quantitative estimate of drug-likeness (QED) is 0.296. The van der Waals surface area contributed by atoms with E-state index in [1.807, 2.05) is 43.3 Å². The second-order valence-electron chi connectivity index (χ2n) is 7.80. The topological polar surface area (TPSA) is 116 Å². The number of amides is 2. The lowest BCUT2D eigenvalue weighted by Crippen LogP contribution is -2.46. The lowest BCUT2D eigenvalue weighted by Gasteiger charge is -2.20. The van der Waals surface area contributed by atoms with Gasteiger partial charge < -0.3 is 10.7 Å². The second kappa shape index (κ2) is 10.9. The van der Waals surface area contributed by atoms with Gasteiger partial charge in [-0.2, -0.15) is 5.10 Å². The summed E-state index contributed by atoms with van der Waals surface area (Å²) in [6.45, 7) is 1.96. The molecule has 0 bridgehead atoms. The summed E-state index contributed by atoms with van der Waals surface area (Å²) in [5.74, 6) is -0.982. The zero-order chi connectivity index (χ0) is 24.6. The fourth-order valence-corrected chi connectivity index (χ4v) is 3.61. The highest BCUT2D eigenvalue weighted by Gasteiger charge is 2.27. The first kappa shape index (κ1) is 23.4. The molecule has 0 saturated heterocycles. The van der Waals surface area contributed by atoms with Crippen LogP contribution in [-0.4, -0.2) is 22.0 Å². The van der Waals surface area contributed by atoms with E-state index in [4.69, 9.17) is 0 Å². The number of aromatic nitrogens is 2. The number of fused-ring (bicyclic) bond motifs is 1. The van der Waals surface area contributed by atoms with Crippen LogP contribution < -0.4 is 21.7 Å².